The standard InChI is InChI=1S/C32H20N4S/c1-2-10-21(11-3-1)35-27-15-6-4-12-22(27)24-19-30-25(18-29(24)35)23-13-5-7-16-28(23)36(30)31-20-34-32(37-31)26-14-8-9-17-33-26/h1-20H. The third-order valence-electron chi connectivity index (χ3n) is 7.08. The van der Waals surface area contributed by atoms with E-state index in [0.29, 0.717) is 0 Å². The van der Waals surface area contributed by atoms with Crippen LogP contribution in [0.3, 0.4) is 0 Å². The molecule has 0 aliphatic rings. The third-order valence-corrected chi connectivity index (χ3v) is 8.08. The van der Waals surface area contributed by atoms with Crippen LogP contribution in [0.15, 0.2) is 122 Å². The number of aromatic nitrogens is 4. The van der Waals surface area contributed by atoms with Gasteiger partial charge in [-0.2, -0.15) is 0 Å². The molecule has 0 unspecified atom stereocenters. The molecule has 0 saturated carbocycles. The number of pyridine rings is 1. The molecule has 0 aliphatic heterocycles. The molecule has 174 valence electrons. The zero-order chi connectivity index (χ0) is 24.3. The minimum absolute atomic E-state index is 0.896. The Morgan fingerprint density at radius 2 is 1.14 bits per heavy atom. The van der Waals surface area contributed by atoms with Crippen LogP contribution in [0.4, 0.5) is 0 Å². The van der Waals surface area contributed by atoms with Gasteiger partial charge in [-0.25, -0.2) is 4.98 Å². The lowest BCUT2D eigenvalue weighted by Crippen LogP contribution is -1.93. The van der Waals surface area contributed by atoms with Gasteiger partial charge in [-0.1, -0.05) is 72.0 Å². The van der Waals surface area contributed by atoms with Gasteiger partial charge in [0.05, 0.1) is 34.0 Å². The van der Waals surface area contributed by atoms with Gasteiger partial charge < -0.3 is 4.57 Å². The first-order valence-electron chi connectivity index (χ1n) is 12.3. The summed E-state index contributed by atoms with van der Waals surface area (Å²) in [6.07, 6.45) is 3.79. The Morgan fingerprint density at radius 3 is 1.84 bits per heavy atom. The lowest BCUT2D eigenvalue weighted by atomic mass is 10.1. The molecule has 0 fully saturated rings. The largest absolute Gasteiger partial charge is 0.309 e. The number of hydrogen-bond acceptors (Lipinski definition) is 3. The van der Waals surface area contributed by atoms with Crippen LogP contribution in [0.1, 0.15) is 0 Å². The van der Waals surface area contributed by atoms with Crippen molar-refractivity contribution in [2.45, 2.75) is 0 Å². The van der Waals surface area contributed by atoms with E-state index in [4.69, 9.17) is 4.98 Å². The van der Waals surface area contributed by atoms with Gasteiger partial charge in [-0.3, -0.25) is 9.55 Å². The zero-order valence-electron chi connectivity index (χ0n) is 19.7. The van der Waals surface area contributed by atoms with E-state index in [-0.39, 0.29) is 0 Å². The number of rotatable bonds is 3. The summed E-state index contributed by atoms with van der Waals surface area (Å²) in [7, 11) is 0. The highest BCUT2D eigenvalue weighted by atomic mass is 32.1. The number of nitrogens with zero attached hydrogens (tertiary/aromatic N) is 4. The van der Waals surface area contributed by atoms with Crippen molar-refractivity contribution in [1.29, 1.82) is 0 Å². The molecule has 0 radical (unpaired) electrons. The molecule has 0 saturated heterocycles. The lowest BCUT2D eigenvalue weighted by molar-refractivity contribution is 1.18. The summed E-state index contributed by atoms with van der Waals surface area (Å²) in [5.74, 6) is 0. The van der Waals surface area contributed by atoms with Crippen LogP contribution in [-0.4, -0.2) is 19.1 Å². The molecule has 0 N–H and O–H groups in total. The normalized spacial score (nSPS) is 11.8. The van der Waals surface area contributed by atoms with Gasteiger partial charge in [0.25, 0.3) is 0 Å². The van der Waals surface area contributed by atoms with E-state index in [2.05, 4.69) is 105 Å². The first kappa shape index (κ1) is 20.5. The van der Waals surface area contributed by atoms with E-state index in [0.717, 1.165) is 15.7 Å². The van der Waals surface area contributed by atoms with E-state index in [1.54, 1.807) is 11.3 Å². The summed E-state index contributed by atoms with van der Waals surface area (Å²) in [5, 5.41) is 6.96. The van der Waals surface area contributed by atoms with Gasteiger partial charge in [-0.05, 0) is 48.5 Å². The molecule has 37 heavy (non-hydrogen) atoms. The van der Waals surface area contributed by atoms with Crippen LogP contribution in [0, 0.1) is 0 Å². The fraction of sp³-hybridized carbons (Fsp3) is 0. The Hall–Kier alpha value is -4.74. The van der Waals surface area contributed by atoms with Crippen LogP contribution in [0.25, 0.3) is 65.0 Å². The van der Waals surface area contributed by atoms with Crippen LogP contribution in [-0.2, 0) is 0 Å². The number of thiazole rings is 1. The smallest absolute Gasteiger partial charge is 0.143 e. The van der Waals surface area contributed by atoms with Crippen LogP contribution < -0.4 is 0 Å². The fourth-order valence-electron chi connectivity index (χ4n) is 5.50. The second kappa shape index (κ2) is 7.88. The highest BCUT2D eigenvalue weighted by Crippen LogP contribution is 2.40. The molecule has 5 heteroatoms. The molecular weight excluding hydrogens is 472 g/mol. The third kappa shape index (κ3) is 3.01. The van der Waals surface area contributed by atoms with E-state index in [1.807, 2.05) is 30.6 Å². The monoisotopic (exact) mass is 492 g/mol. The number of benzene rings is 4. The summed E-state index contributed by atoms with van der Waals surface area (Å²) in [4.78, 5) is 9.25. The quantitative estimate of drug-likeness (QED) is 0.248. The van der Waals surface area contributed by atoms with Crippen molar-refractivity contribution in [3.63, 3.8) is 0 Å². The summed E-state index contributed by atoms with van der Waals surface area (Å²) in [6, 6.07) is 38.6. The molecule has 4 heterocycles. The summed E-state index contributed by atoms with van der Waals surface area (Å²) < 4.78 is 4.73. The van der Waals surface area contributed by atoms with Gasteiger partial charge in [0, 0.05) is 33.4 Å². The molecule has 8 rings (SSSR count). The molecule has 0 spiro atoms. The maximum Gasteiger partial charge on any atom is 0.143 e. The molecule has 0 aliphatic carbocycles. The lowest BCUT2D eigenvalue weighted by Gasteiger charge is -2.08. The highest BCUT2D eigenvalue weighted by Gasteiger charge is 2.19. The van der Waals surface area contributed by atoms with E-state index < -0.39 is 0 Å². The summed E-state index contributed by atoms with van der Waals surface area (Å²) >= 11 is 1.67. The minimum Gasteiger partial charge on any atom is -0.309 e. The number of fused-ring (bicyclic) bond motifs is 6. The predicted molar refractivity (Wildman–Crippen MR) is 154 cm³/mol. The zero-order valence-corrected chi connectivity index (χ0v) is 20.6. The van der Waals surface area contributed by atoms with Crippen molar-refractivity contribution in [1.82, 2.24) is 19.1 Å². The maximum atomic E-state index is 4.74. The van der Waals surface area contributed by atoms with Crippen molar-refractivity contribution in [2.24, 2.45) is 0 Å². The fourth-order valence-corrected chi connectivity index (χ4v) is 6.42. The molecule has 0 atom stereocenters. The van der Waals surface area contributed by atoms with E-state index in [1.165, 1.54) is 49.3 Å². The number of para-hydroxylation sites is 3. The Morgan fingerprint density at radius 1 is 0.514 bits per heavy atom. The molecule has 4 nitrogen and oxygen atoms in total. The van der Waals surface area contributed by atoms with Crippen molar-refractivity contribution in [3.8, 4) is 21.4 Å². The Balaban J connectivity index is 1.48. The van der Waals surface area contributed by atoms with Gasteiger partial charge >= 0.3 is 0 Å². The Kier molecular flexibility index (Phi) is 4.36. The highest BCUT2D eigenvalue weighted by molar-refractivity contribution is 7.17. The topological polar surface area (TPSA) is 35.6 Å². The average Bonchev–Trinajstić information content (AvgIpc) is 3.65. The van der Waals surface area contributed by atoms with Gasteiger partial charge in [-0.15, -0.1) is 0 Å². The summed E-state index contributed by atoms with van der Waals surface area (Å²) in [5.41, 5.74) is 6.84. The maximum absolute atomic E-state index is 4.74. The first-order chi connectivity index (χ1) is 18.4. The first-order valence-corrected chi connectivity index (χ1v) is 13.1. The van der Waals surface area contributed by atoms with Gasteiger partial charge in [0.15, 0.2) is 0 Å². The Bertz CT molecular complexity index is 2080. The molecular formula is C32H20N4S. The molecule has 4 aromatic heterocycles. The van der Waals surface area contributed by atoms with Crippen molar-refractivity contribution in [3.05, 3.63) is 122 Å². The molecule has 0 amide bonds. The van der Waals surface area contributed by atoms with E-state index >= 15 is 0 Å². The molecule has 4 aromatic carbocycles. The predicted octanol–water partition coefficient (Wildman–Crippen LogP) is 8.40. The van der Waals surface area contributed by atoms with Gasteiger partial charge in [0.1, 0.15) is 10.0 Å². The summed E-state index contributed by atoms with van der Waals surface area (Å²) in [6.45, 7) is 0. The van der Waals surface area contributed by atoms with Crippen LogP contribution in [0.2, 0.25) is 0 Å². The van der Waals surface area contributed by atoms with E-state index in [9.17, 15) is 0 Å². The second-order valence-electron chi connectivity index (χ2n) is 9.15. The second-order valence-corrected chi connectivity index (χ2v) is 10.2. The van der Waals surface area contributed by atoms with Gasteiger partial charge in [0.2, 0.25) is 0 Å². The number of hydrogen-bond donors (Lipinski definition) is 0. The van der Waals surface area contributed by atoms with Crippen molar-refractivity contribution >= 4 is 54.9 Å². The van der Waals surface area contributed by atoms with Crippen LogP contribution in [0.5, 0.6) is 0 Å². The average molecular weight is 493 g/mol. The minimum atomic E-state index is 0.896. The van der Waals surface area contributed by atoms with Crippen molar-refractivity contribution in [2.75, 3.05) is 0 Å². The SMILES string of the molecule is c1ccc(-n2c3ccccc3c3cc4c(cc32)c2ccccc2n4-c2cnc(-c3ccccn3)s2)cc1. The molecule has 0 bridgehead atoms. The molecule has 8 aromatic rings. The van der Waals surface area contributed by atoms with Crippen LogP contribution >= 0.6 is 11.3 Å². The Labute approximate surface area is 216 Å². The van der Waals surface area contributed by atoms with Crippen molar-refractivity contribution < 1.29 is 0 Å².